The van der Waals surface area contributed by atoms with Gasteiger partial charge in [0.15, 0.2) is 0 Å². The normalized spacial score (nSPS) is 9.06. The first-order valence-corrected chi connectivity index (χ1v) is 4.03. The highest BCUT2D eigenvalue weighted by Gasteiger charge is 2.19. The number of benzene rings is 1. The maximum Gasteiger partial charge on any atom is 0.353 e. The van der Waals surface area contributed by atoms with Crippen LogP contribution in [0.5, 0.6) is 0 Å². The molecule has 0 saturated heterocycles. The van der Waals surface area contributed by atoms with Crippen LogP contribution in [-0.2, 0) is 4.79 Å². The highest BCUT2D eigenvalue weighted by molar-refractivity contribution is 6.07. The van der Waals surface area contributed by atoms with Crippen LogP contribution in [0.2, 0.25) is 0 Å². The second-order valence-electron chi connectivity index (χ2n) is 2.68. The van der Waals surface area contributed by atoms with Crippen molar-refractivity contribution in [1.82, 2.24) is 0 Å². The van der Waals surface area contributed by atoms with Crippen LogP contribution in [0.4, 0.5) is 10.1 Å². The van der Waals surface area contributed by atoms with E-state index in [4.69, 9.17) is 5.41 Å². The number of nitro groups is 1. The summed E-state index contributed by atoms with van der Waals surface area (Å²) >= 11 is 0. The average Bonchev–Trinajstić information content (AvgIpc) is 2.22. The van der Waals surface area contributed by atoms with Gasteiger partial charge in [-0.1, -0.05) is 0 Å². The number of halogens is 1. The summed E-state index contributed by atoms with van der Waals surface area (Å²) in [6.45, 7) is 0. The van der Waals surface area contributed by atoms with Crippen LogP contribution in [0.25, 0.3) is 5.41 Å². The predicted octanol–water partition coefficient (Wildman–Crippen LogP) is 1.16. The van der Waals surface area contributed by atoms with Crippen LogP contribution in [0.15, 0.2) is 30.0 Å². The van der Waals surface area contributed by atoms with Crippen molar-refractivity contribution in [2.75, 3.05) is 5.32 Å². The van der Waals surface area contributed by atoms with Crippen molar-refractivity contribution in [2.45, 2.75) is 0 Å². The summed E-state index contributed by atoms with van der Waals surface area (Å²) in [4.78, 5) is 20.3. The number of anilines is 1. The molecular weight excluding hydrogens is 217 g/mol. The summed E-state index contributed by atoms with van der Waals surface area (Å²) in [5.41, 5.74) is -0.953. The molecule has 0 radical (unpaired) electrons. The van der Waals surface area contributed by atoms with Crippen molar-refractivity contribution in [2.24, 2.45) is 0 Å². The predicted molar refractivity (Wildman–Crippen MR) is 53.9 cm³/mol. The number of nitrogens with zero attached hydrogens (tertiary/aromatic N) is 2. The SMILES string of the molecule is [N-]=C=C(C(=O)Nc1ccc(F)cc1)[N+](=O)[O-]. The standard InChI is InChI=1S/C9H5FN3O3/c10-6-1-3-7(4-2-6)12-9(14)8(5-11)13(15)16/h1-4H,(H,12,14)/q-1. The smallest absolute Gasteiger partial charge is 0.353 e. The monoisotopic (exact) mass is 222 g/mol. The highest BCUT2D eigenvalue weighted by Crippen LogP contribution is 2.09. The first-order valence-electron chi connectivity index (χ1n) is 4.03. The van der Waals surface area contributed by atoms with Gasteiger partial charge in [0, 0.05) is 5.69 Å². The molecule has 1 N–H and O–H groups in total. The average molecular weight is 222 g/mol. The Morgan fingerprint density at radius 2 is 2.00 bits per heavy atom. The largest absolute Gasteiger partial charge is 0.757 e. The molecule has 0 aliphatic rings. The van der Waals surface area contributed by atoms with Crippen molar-refractivity contribution in [3.63, 3.8) is 0 Å². The van der Waals surface area contributed by atoms with Crippen LogP contribution in [0, 0.1) is 15.9 Å². The van der Waals surface area contributed by atoms with Crippen LogP contribution in [-0.4, -0.2) is 16.7 Å². The summed E-state index contributed by atoms with van der Waals surface area (Å²) in [5, 5.41) is 20.7. The van der Waals surface area contributed by atoms with Gasteiger partial charge < -0.3 is 10.7 Å². The van der Waals surface area contributed by atoms with Crippen molar-refractivity contribution in [3.05, 3.63) is 51.3 Å². The van der Waals surface area contributed by atoms with E-state index in [9.17, 15) is 19.3 Å². The Morgan fingerprint density at radius 3 is 2.44 bits per heavy atom. The summed E-state index contributed by atoms with van der Waals surface area (Å²) in [7, 11) is 0. The molecule has 1 rings (SSSR count). The molecule has 0 bridgehead atoms. The van der Waals surface area contributed by atoms with E-state index in [1.165, 1.54) is 12.1 Å². The van der Waals surface area contributed by atoms with E-state index in [0.29, 0.717) is 0 Å². The summed E-state index contributed by atoms with van der Waals surface area (Å²) < 4.78 is 12.5. The summed E-state index contributed by atoms with van der Waals surface area (Å²) in [5.74, 6) is -0.478. The topological polar surface area (TPSA) is 94.5 Å². The number of carbonyl (C=O) groups is 1. The minimum atomic E-state index is -1.14. The number of carbonyl (C=O) groups excluding carboxylic acids is 1. The zero-order chi connectivity index (χ0) is 12.1. The molecule has 0 atom stereocenters. The number of hydrogen-bond donors (Lipinski definition) is 1. The van der Waals surface area contributed by atoms with Gasteiger partial charge in [0.25, 0.3) is 0 Å². The van der Waals surface area contributed by atoms with E-state index in [2.05, 4.69) is 5.32 Å². The van der Waals surface area contributed by atoms with Gasteiger partial charge in [-0.15, -0.1) is 0 Å². The van der Waals surface area contributed by atoms with Crippen LogP contribution in [0.1, 0.15) is 0 Å². The lowest BCUT2D eigenvalue weighted by Crippen LogP contribution is -2.20. The molecule has 6 nitrogen and oxygen atoms in total. The lowest BCUT2D eigenvalue weighted by Gasteiger charge is -2.02. The van der Waals surface area contributed by atoms with Gasteiger partial charge in [0.05, 0.1) is 4.92 Å². The Hall–Kier alpha value is -2.53. The van der Waals surface area contributed by atoms with Crippen LogP contribution in [0.3, 0.4) is 0 Å². The lowest BCUT2D eigenvalue weighted by molar-refractivity contribution is -0.415. The molecule has 82 valence electrons. The molecule has 0 aromatic heterocycles. The Kier molecular flexibility index (Phi) is 3.47. The minimum Gasteiger partial charge on any atom is -0.757 e. The third-order valence-electron chi connectivity index (χ3n) is 1.61. The fourth-order valence-corrected chi connectivity index (χ4v) is 0.898. The molecule has 1 aromatic rings. The van der Waals surface area contributed by atoms with Gasteiger partial charge in [-0.05, 0) is 24.3 Å². The Balaban J connectivity index is 2.83. The van der Waals surface area contributed by atoms with Crippen LogP contribution < -0.4 is 5.32 Å². The molecule has 0 saturated carbocycles. The first kappa shape index (κ1) is 11.5. The van der Waals surface area contributed by atoms with Crippen molar-refractivity contribution in [1.29, 1.82) is 0 Å². The number of nitrogens with one attached hydrogen (secondary N) is 1. The van der Waals surface area contributed by atoms with Crippen molar-refractivity contribution < 1.29 is 14.1 Å². The molecule has 0 unspecified atom stereocenters. The zero-order valence-electron chi connectivity index (χ0n) is 7.81. The maximum atomic E-state index is 12.5. The molecule has 7 heteroatoms. The molecule has 1 aromatic carbocycles. The quantitative estimate of drug-likeness (QED) is 0.360. The van der Waals surface area contributed by atoms with Gasteiger partial charge in [-0.25, -0.2) is 4.39 Å². The Morgan fingerprint density at radius 1 is 1.44 bits per heavy atom. The molecule has 1 amide bonds. The van der Waals surface area contributed by atoms with Crippen molar-refractivity contribution in [3.8, 4) is 0 Å². The molecule has 0 heterocycles. The second-order valence-corrected chi connectivity index (χ2v) is 2.68. The Bertz CT molecular complexity index is 477. The highest BCUT2D eigenvalue weighted by atomic mass is 19.1. The van der Waals surface area contributed by atoms with E-state index in [-0.39, 0.29) is 5.69 Å². The summed E-state index contributed by atoms with van der Waals surface area (Å²) in [6, 6.07) is 4.60. The van der Waals surface area contributed by atoms with E-state index in [0.717, 1.165) is 18.0 Å². The van der Waals surface area contributed by atoms with Gasteiger partial charge in [0.1, 0.15) is 5.82 Å². The Labute approximate surface area is 89.1 Å². The van der Waals surface area contributed by atoms with Gasteiger partial charge in [-0.3, -0.25) is 14.9 Å². The molecule has 0 aliphatic heterocycles. The fraction of sp³-hybridized carbons (Fsp3) is 0. The second kappa shape index (κ2) is 4.81. The lowest BCUT2D eigenvalue weighted by atomic mass is 10.3. The molecule has 0 fully saturated rings. The third-order valence-corrected chi connectivity index (χ3v) is 1.61. The van der Waals surface area contributed by atoms with Crippen LogP contribution >= 0.6 is 0 Å². The number of hydrogen-bond acceptors (Lipinski definition) is 3. The van der Waals surface area contributed by atoms with E-state index < -0.39 is 22.3 Å². The third kappa shape index (κ3) is 2.73. The van der Waals surface area contributed by atoms with E-state index in [1.54, 1.807) is 0 Å². The van der Waals surface area contributed by atoms with E-state index >= 15 is 0 Å². The number of amides is 1. The van der Waals surface area contributed by atoms with Gasteiger partial charge >= 0.3 is 11.6 Å². The van der Waals surface area contributed by atoms with Gasteiger partial charge in [-0.2, -0.15) is 5.87 Å². The maximum absolute atomic E-state index is 12.5. The fourth-order valence-electron chi connectivity index (χ4n) is 0.898. The molecule has 0 spiro atoms. The van der Waals surface area contributed by atoms with Gasteiger partial charge in [0.2, 0.25) is 0 Å². The van der Waals surface area contributed by atoms with Crippen molar-refractivity contribution >= 4 is 17.5 Å². The number of rotatable bonds is 3. The zero-order valence-corrected chi connectivity index (χ0v) is 7.81. The molecular formula is C9H5FN3O3-. The molecule has 0 aliphatic carbocycles. The summed E-state index contributed by atoms with van der Waals surface area (Å²) in [6.07, 6.45) is 0. The molecule has 16 heavy (non-hydrogen) atoms. The minimum absolute atomic E-state index is 0.168. The first-order chi connectivity index (χ1) is 7.54. The van der Waals surface area contributed by atoms with E-state index in [1.807, 2.05) is 0 Å².